The largest absolute Gasteiger partial charge is 0.394 e. The second kappa shape index (κ2) is 5.71. The SMILES string of the molecule is CC(C)NC(CO)c1cccc(Cl)c1Cl. The van der Waals surface area contributed by atoms with Crippen molar-refractivity contribution in [3.05, 3.63) is 33.8 Å². The molecule has 84 valence electrons. The molecule has 4 heteroatoms. The third-order valence-corrected chi connectivity index (χ3v) is 2.91. The van der Waals surface area contributed by atoms with E-state index in [1.807, 2.05) is 26.0 Å². The molecule has 15 heavy (non-hydrogen) atoms. The fourth-order valence-corrected chi connectivity index (χ4v) is 1.87. The zero-order chi connectivity index (χ0) is 11.4. The molecule has 1 rings (SSSR count). The first-order valence-electron chi connectivity index (χ1n) is 4.87. The van der Waals surface area contributed by atoms with Gasteiger partial charge in [-0.15, -0.1) is 0 Å². The van der Waals surface area contributed by atoms with Gasteiger partial charge in [0.15, 0.2) is 0 Å². The Morgan fingerprint density at radius 1 is 1.33 bits per heavy atom. The summed E-state index contributed by atoms with van der Waals surface area (Å²) in [6, 6.07) is 5.53. The van der Waals surface area contributed by atoms with Crippen LogP contribution < -0.4 is 5.32 Å². The minimum Gasteiger partial charge on any atom is -0.394 e. The zero-order valence-electron chi connectivity index (χ0n) is 8.80. The molecule has 0 fully saturated rings. The molecule has 0 bridgehead atoms. The number of nitrogens with one attached hydrogen (secondary N) is 1. The number of hydrogen-bond donors (Lipinski definition) is 2. The first-order chi connectivity index (χ1) is 7.06. The van der Waals surface area contributed by atoms with Crippen LogP contribution in [0.2, 0.25) is 10.0 Å². The van der Waals surface area contributed by atoms with Gasteiger partial charge in [-0.3, -0.25) is 0 Å². The molecule has 2 N–H and O–H groups in total. The third kappa shape index (κ3) is 3.35. The lowest BCUT2D eigenvalue weighted by atomic mass is 10.1. The highest BCUT2D eigenvalue weighted by atomic mass is 35.5. The van der Waals surface area contributed by atoms with E-state index in [1.54, 1.807) is 6.07 Å². The minimum atomic E-state index is -0.170. The number of rotatable bonds is 4. The lowest BCUT2D eigenvalue weighted by molar-refractivity contribution is 0.237. The van der Waals surface area contributed by atoms with Crippen LogP contribution in [0.3, 0.4) is 0 Å². The van der Waals surface area contributed by atoms with Crippen LogP contribution in [-0.2, 0) is 0 Å². The minimum absolute atomic E-state index is 0.00174. The van der Waals surface area contributed by atoms with Crippen molar-refractivity contribution in [3.63, 3.8) is 0 Å². The average molecular weight is 248 g/mol. The van der Waals surface area contributed by atoms with Gasteiger partial charge in [-0.2, -0.15) is 0 Å². The van der Waals surface area contributed by atoms with Crippen LogP contribution in [0.15, 0.2) is 18.2 Å². The van der Waals surface area contributed by atoms with Crippen molar-refractivity contribution in [2.24, 2.45) is 0 Å². The molecule has 0 aliphatic rings. The Balaban J connectivity index is 2.96. The summed E-state index contributed by atoms with van der Waals surface area (Å²) >= 11 is 12.0. The van der Waals surface area contributed by atoms with Crippen LogP contribution in [0.1, 0.15) is 25.5 Å². The van der Waals surface area contributed by atoms with Crippen molar-refractivity contribution in [1.82, 2.24) is 5.32 Å². The molecule has 0 heterocycles. The van der Waals surface area contributed by atoms with E-state index < -0.39 is 0 Å². The van der Waals surface area contributed by atoms with Crippen LogP contribution in [0.4, 0.5) is 0 Å². The van der Waals surface area contributed by atoms with Gasteiger partial charge in [-0.1, -0.05) is 49.2 Å². The molecular formula is C11H15Cl2NO. The Morgan fingerprint density at radius 2 is 2.00 bits per heavy atom. The molecule has 0 spiro atoms. The monoisotopic (exact) mass is 247 g/mol. The summed E-state index contributed by atoms with van der Waals surface area (Å²) in [6.45, 7) is 4.03. The predicted molar refractivity (Wildman–Crippen MR) is 64.6 cm³/mol. The molecule has 0 aromatic heterocycles. The smallest absolute Gasteiger partial charge is 0.0640 e. The second-order valence-electron chi connectivity index (χ2n) is 3.70. The molecule has 0 amide bonds. The quantitative estimate of drug-likeness (QED) is 0.858. The van der Waals surface area contributed by atoms with Crippen LogP contribution in [0.5, 0.6) is 0 Å². The summed E-state index contributed by atoms with van der Waals surface area (Å²) in [6.07, 6.45) is 0. The van der Waals surface area contributed by atoms with Crippen LogP contribution >= 0.6 is 23.2 Å². The lowest BCUT2D eigenvalue weighted by Gasteiger charge is -2.20. The molecule has 1 atom stereocenters. The van der Waals surface area contributed by atoms with Crippen molar-refractivity contribution in [2.75, 3.05) is 6.61 Å². The number of aliphatic hydroxyl groups excluding tert-OH is 1. The Hall–Kier alpha value is -0.280. The maximum absolute atomic E-state index is 9.28. The van der Waals surface area contributed by atoms with Crippen LogP contribution in [0, 0.1) is 0 Å². The standard InChI is InChI=1S/C11H15Cl2NO/c1-7(2)14-10(6-15)8-4-3-5-9(12)11(8)13/h3-5,7,10,14-15H,6H2,1-2H3. The van der Waals surface area contributed by atoms with E-state index in [2.05, 4.69) is 5.32 Å². The Kier molecular flexibility index (Phi) is 4.87. The van der Waals surface area contributed by atoms with Crippen molar-refractivity contribution in [1.29, 1.82) is 0 Å². The number of halogens is 2. The van der Waals surface area contributed by atoms with E-state index in [1.165, 1.54) is 0 Å². The van der Waals surface area contributed by atoms with Gasteiger partial charge in [-0.25, -0.2) is 0 Å². The molecule has 0 aliphatic heterocycles. The molecular weight excluding hydrogens is 233 g/mol. The highest BCUT2D eigenvalue weighted by Gasteiger charge is 2.15. The van der Waals surface area contributed by atoms with Crippen LogP contribution in [-0.4, -0.2) is 17.8 Å². The molecule has 0 saturated heterocycles. The number of benzene rings is 1. The summed E-state index contributed by atoms with van der Waals surface area (Å²) in [7, 11) is 0. The third-order valence-electron chi connectivity index (χ3n) is 2.07. The Morgan fingerprint density at radius 3 is 2.53 bits per heavy atom. The van der Waals surface area contributed by atoms with E-state index in [9.17, 15) is 5.11 Å². The molecule has 0 aliphatic carbocycles. The fraction of sp³-hybridized carbons (Fsp3) is 0.455. The van der Waals surface area contributed by atoms with Crippen molar-refractivity contribution in [2.45, 2.75) is 25.9 Å². The molecule has 2 nitrogen and oxygen atoms in total. The van der Waals surface area contributed by atoms with Gasteiger partial charge in [0.25, 0.3) is 0 Å². The van der Waals surface area contributed by atoms with E-state index in [4.69, 9.17) is 23.2 Å². The maximum Gasteiger partial charge on any atom is 0.0640 e. The Bertz CT molecular complexity index is 328. The topological polar surface area (TPSA) is 32.3 Å². The molecule has 1 aromatic rings. The summed E-state index contributed by atoms with van der Waals surface area (Å²) in [5.41, 5.74) is 0.834. The highest BCUT2D eigenvalue weighted by molar-refractivity contribution is 6.42. The van der Waals surface area contributed by atoms with Gasteiger partial charge >= 0.3 is 0 Å². The normalized spacial score (nSPS) is 13.2. The highest BCUT2D eigenvalue weighted by Crippen LogP contribution is 2.29. The average Bonchev–Trinajstić information content (AvgIpc) is 2.19. The van der Waals surface area contributed by atoms with Crippen molar-refractivity contribution < 1.29 is 5.11 Å². The van der Waals surface area contributed by atoms with E-state index in [0.717, 1.165) is 5.56 Å². The summed E-state index contributed by atoms with van der Waals surface area (Å²) < 4.78 is 0. The molecule has 0 radical (unpaired) electrons. The summed E-state index contributed by atoms with van der Waals surface area (Å²) in [5.74, 6) is 0. The first-order valence-corrected chi connectivity index (χ1v) is 5.62. The maximum atomic E-state index is 9.28. The van der Waals surface area contributed by atoms with Gasteiger partial charge < -0.3 is 10.4 Å². The Labute approximate surface area is 100 Å². The van der Waals surface area contributed by atoms with E-state index in [0.29, 0.717) is 10.0 Å². The van der Waals surface area contributed by atoms with Gasteiger partial charge in [0, 0.05) is 6.04 Å². The zero-order valence-corrected chi connectivity index (χ0v) is 10.3. The number of hydrogen-bond acceptors (Lipinski definition) is 2. The van der Waals surface area contributed by atoms with Gasteiger partial charge in [0.2, 0.25) is 0 Å². The van der Waals surface area contributed by atoms with Crippen LogP contribution in [0.25, 0.3) is 0 Å². The molecule has 1 aromatic carbocycles. The van der Waals surface area contributed by atoms with Crippen molar-refractivity contribution in [3.8, 4) is 0 Å². The number of aliphatic hydroxyl groups is 1. The molecule has 1 unspecified atom stereocenters. The summed E-state index contributed by atoms with van der Waals surface area (Å²) in [5, 5.41) is 13.5. The second-order valence-corrected chi connectivity index (χ2v) is 4.48. The fourth-order valence-electron chi connectivity index (χ4n) is 1.43. The van der Waals surface area contributed by atoms with Gasteiger partial charge in [0.1, 0.15) is 0 Å². The summed E-state index contributed by atoms with van der Waals surface area (Å²) in [4.78, 5) is 0. The van der Waals surface area contributed by atoms with Gasteiger partial charge in [-0.05, 0) is 11.6 Å². The van der Waals surface area contributed by atoms with E-state index in [-0.39, 0.29) is 18.7 Å². The van der Waals surface area contributed by atoms with Gasteiger partial charge in [0.05, 0.1) is 22.7 Å². The van der Waals surface area contributed by atoms with Crippen molar-refractivity contribution >= 4 is 23.2 Å². The molecule has 0 saturated carbocycles. The van der Waals surface area contributed by atoms with E-state index >= 15 is 0 Å². The lowest BCUT2D eigenvalue weighted by Crippen LogP contribution is -2.30. The predicted octanol–water partition coefficient (Wildman–Crippen LogP) is 3.02. The first kappa shape index (κ1) is 12.8.